The summed E-state index contributed by atoms with van der Waals surface area (Å²) in [5, 5.41) is 8.88. The lowest BCUT2D eigenvalue weighted by molar-refractivity contribution is -0.153. The normalized spacial score (nSPS) is 23.3. The summed E-state index contributed by atoms with van der Waals surface area (Å²) in [7, 11) is 11.1. The lowest BCUT2D eigenvalue weighted by Crippen LogP contribution is -2.61. The molecule has 3 aromatic rings. The lowest BCUT2D eigenvalue weighted by atomic mass is 9.95. The molecule has 530 valence electrons. The molecule has 0 spiro atoms. The van der Waals surface area contributed by atoms with Crippen LogP contribution >= 0.6 is 11.6 Å². The molecule has 1 fully saturated rings. The van der Waals surface area contributed by atoms with E-state index in [0.717, 1.165) is 36.6 Å². The van der Waals surface area contributed by atoms with Gasteiger partial charge in [-0.1, -0.05) is 128 Å². The van der Waals surface area contributed by atoms with Crippen molar-refractivity contribution in [1.82, 2.24) is 55.1 Å². The molecule has 3 N–H and O–H groups in total. The van der Waals surface area contributed by atoms with Gasteiger partial charge in [-0.15, -0.1) is 0 Å². The zero-order valence-electron chi connectivity index (χ0n) is 58.8. The van der Waals surface area contributed by atoms with Crippen LogP contribution in [0, 0.1) is 23.7 Å². The summed E-state index contributed by atoms with van der Waals surface area (Å²) < 4.78 is 41.1. The van der Waals surface area contributed by atoms with Gasteiger partial charge in [0.2, 0.25) is 65.0 Å². The number of amides is 11. The lowest BCUT2D eigenvalue weighted by Gasteiger charge is -2.39. The van der Waals surface area contributed by atoms with Crippen molar-refractivity contribution >= 4 is 76.6 Å². The summed E-state index contributed by atoms with van der Waals surface area (Å²) in [6.45, 7) is 14.2. The third-order valence-corrected chi connectivity index (χ3v) is 18.0. The molecular formula is C70H101ClF3N11O11. The van der Waals surface area contributed by atoms with E-state index in [-0.39, 0.29) is 56.8 Å². The molecular weight excluding hydrogens is 1260 g/mol. The third-order valence-electron chi connectivity index (χ3n) is 17.8. The molecule has 22 nitrogen and oxygen atoms in total. The molecule has 0 aromatic heterocycles. The van der Waals surface area contributed by atoms with Crippen molar-refractivity contribution in [3.05, 3.63) is 106 Å². The van der Waals surface area contributed by atoms with E-state index in [9.17, 15) is 51.5 Å². The average Bonchev–Trinajstić information content (AvgIpc) is 0.810. The third kappa shape index (κ3) is 22.8. The highest BCUT2D eigenvalue weighted by Gasteiger charge is 2.43. The Morgan fingerprint density at radius 3 is 1.53 bits per heavy atom. The molecule has 4 rings (SSSR count). The predicted octanol–water partition coefficient (Wildman–Crippen LogP) is 5.96. The van der Waals surface area contributed by atoms with Crippen LogP contribution in [0.3, 0.4) is 0 Å². The van der Waals surface area contributed by atoms with E-state index in [4.69, 9.17) is 11.6 Å². The first-order chi connectivity index (χ1) is 44.8. The van der Waals surface area contributed by atoms with Crippen molar-refractivity contribution in [3.8, 4) is 0 Å². The molecule has 11 amide bonds. The second-order valence-electron chi connectivity index (χ2n) is 26.9. The second-order valence-corrected chi connectivity index (χ2v) is 27.3. The van der Waals surface area contributed by atoms with Gasteiger partial charge < -0.3 is 55.1 Å². The predicted molar refractivity (Wildman–Crippen MR) is 360 cm³/mol. The number of rotatable bonds is 14. The SMILES string of the molecule is CC[C@H](C)[C@@H]1NC(=O)[C@H](CC(C)C)N(C)C(=O)C[C@@H](C)NC(=O)[C@H](C(C)C)N(C)C(=O)[C@@H](Cc2ccccc2)N(C)C(=O)[C@H](CC(C)C)N(C)C(=O)[C@H](CCc2ccc(C(F)(F)F)cc2)NC(=O)CN(C)C(=O)[C@H](Cc2ccc(Cl)cc2)N(C)C(=O)CN(C)C(=O)CN(C)C1=O. The highest BCUT2D eigenvalue weighted by molar-refractivity contribution is 6.30. The average molecular weight is 1370 g/mol. The first kappa shape index (κ1) is 80.3. The van der Waals surface area contributed by atoms with Crippen LogP contribution in [0.5, 0.6) is 0 Å². The minimum atomic E-state index is -4.64. The highest BCUT2D eigenvalue weighted by Crippen LogP contribution is 2.30. The summed E-state index contributed by atoms with van der Waals surface area (Å²) in [4.78, 5) is 171. The van der Waals surface area contributed by atoms with Gasteiger partial charge in [0.05, 0.1) is 25.2 Å². The van der Waals surface area contributed by atoms with Gasteiger partial charge in [-0.3, -0.25) is 52.7 Å². The van der Waals surface area contributed by atoms with Crippen molar-refractivity contribution in [1.29, 1.82) is 0 Å². The minimum Gasteiger partial charge on any atom is -0.351 e. The molecule has 1 aliphatic rings. The summed E-state index contributed by atoms with van der Waals surface area (Å²) in [6.07, 6.45) is -4.70. The number of nitrogens with one attached hydrogen (secondary N) is 3. The van der Waals surface area contributed by atoms with E-state index in [1.165, 1.54) is 83.2 Å². The van der Waals surface area contributed by atoms with Crippen molar-refractivity contribution < 1.29 is 65.9 Å². The summed E-state index contributed by atoms with van der Waals surface area (Å²) in [5.74, 6) is -8.91. The van der Waals surface area contributed by atoms with Crippen LogP contribution in [-0.4, -0.2) is 229 Å². The summed E-state index contributed by atoms with van der Waals surface area (Å²) in [5.41, 5.74) is 0.678. The Balaban J connectivity index is 1.90. The van der Waals surface area contributed by atoms with Gasteiger partial charge in [-0.25, -0.2) is 0 Å². The molecule has 1 aliphatic heterocycles. The van der Waals surface area contributed by atoms with Gasteiger partial charge in [-0.05, 0) is 97.2 Å². The van der Waals surface area contributed by atoms with Crippen molar-refractivity contribution in [3.63, 3.8) is 0 Å². The van der Waals surface area contributed by atoms with Gasteiger partial charge in [0.15, 0.2) is 0 Å². The standard InChI is InChI=1S/C70H101ClF3N11O11/c1-18-45(8)61-69(96)80(12)40-59(88)78(10)41-60(89)82(14)55(38-49-26-31-51(71)32-27-49)66(93)79(11)39-57(86)76-52(33-28-47-24-29-50(30-25-47)70(72,73)74)65(92)83(15)54(35-43(4)5)67(94)84(16)56(37-48-22-20-19-21-23-48)68(95)85(17)62(44(6)7)64(91)75-46(9)36-58(87)81(13)53(34-42(2)3)63(90)77-61/h19-27,29-32,42-46,52-56,61-62H,18,28,33-41H2,1-17H3,(H,75,91)(H,76,86)(H,77,90)/t45-,46+,52-,53-,54-,55-,56+,61-,62-/m0/s1. The molecule has 0 saturated carbocycles. The number of hydrogen-bond donors (Lipinski definition) is 3. The van der Waals surface area contributed by atoms with E-state index >= 15 is 14.4 Å². The number of aryl methyl sites for hydroxylation is 1. The Bertz CT molecular complexity index is 3180. The zero-order valence-corrected chi connectivity index (χ0v) is 59.5. The second kappa shape index (κ2) is 36.3. The van der Waals surface area contributed by atoms with E-state index in [0.29, 0.717) is 28.1 Å². The first-order valence-electron chi connectivity index (χ1n) is 32.7. The Hall–Kier alpha value is -8.09. The van der Waals surface area contributed by atoms with E-state index in [2.05, 4.69) is 16.0 Å². The fourth-order valence-corrected chi connectivity index (χ4v) is 11.8. The number of alkyl halides is 3. The molecule has 0 radical (unpaired) electrons. The van der Waals surface area contributed by atoms with E-state index in [1.807, 2.05) is 34.6 Å². The molecule has 0 aliphatic carbocycles. The van der Waals surface area contributed by atoms with Crippen LogP contribution in [0.4, 0.5) is 13.2 Å². The molecule has 26 heteroatoms. The van der Waals surface area contributed by atoms with Crippen LogP contribution in [0.1, 0.15) is 117 Å². The largest absolute Gasteiger partial charge is 0.416 e. The van der Waals surface area contributed by atoms with Gasteiger partial charge in [0.1, 0.15) is 42.3 Å². The quantitative estimate of drug-likeness (QED) is 0.170. The Labute approximate surface area is 569 Å². The van der Waals surface area contributed by atoms with Crippen molar-refractivity contribution in [2.75, 3.05) is 76.0 Å². The Kier molecular flexibility index (Phi) is 30.4. The fraction of sp³-hybridized carbons (Fsp3) is 0.586. The Morgan fingerprint density at radius 1 is 0.500 bits per heavy atom. The molecule has 9 atom stereocenters. The summed E-state index contributed by atoms with van der Waals surface area (Å²) >= 11 is 6.23. The number of nitrogens with zero attached hydrogens (tertiary/aromatic N) is 8. The van der Waals surface area contributed by atoms with Crippen molar-refractivity contribution in [2.45, 2.75) is 168 Å². The van der Waals surface area contributed by atoms with Crippen LogP contribution in [0.25, 0.3) is 0 Å². The number of hydrogen-bond acceptors (Lipinski definition) is 11. The van der Waals surface area contributed by atoms with Gasteiger partial charge in [0, 0.05) is 86.7 Å². The van der Waals surface area contributed by atoms with Crippen LogP contribution in [-0.2, 0) is 78.2 Å². The number of carbonyl (C=O) groups excluding carboxylic acids is 11. The summed E-state index contributed by atoms with van der Waals surface area (Å²) in [6, 6.07) is 9.93. The number of likely N-dealkylation sites (N-methyl/N-ethyl adjacent to an activating group) is 8. The van der Waals surface area contributed by atoms with Crippen LogP contribution in [0.2, 0.25) is 5.02 Å². The topological polar surface area (TPSA) is 250 Å². The highest BCUT2D eigenvalue weighted by atomic mass is 35.5. The maximum atomic E-state index is 15.4. The number of halogens is 4. The van der Waals surface area contributed by atoms with Gasteiger partial charge in [0.25, 0.3) is 0 Å². The first-order valence-corrected chi connectivity index (χ1v) is 33.1. The maximum Gasteiger partial charge on any atom is 0.416 e. The molecule has 1 heterocycles. The maximum absolute atomic E-state index is 15.4. The fourth-order valence-electron chi connectivity index (χ4n) is 11.6. The molecule has 96 heavy (non-hydrogen) atoms. The molecule has 0 bridgehead atoms. The van der Waals surface area contributed by atoms with Gasteiger partial charge >= 0.3 is 6.18 Å². The minimum absolute atomic E-state index is 0.0382. The smallest absolute Gasteiger partial charge is 0.351 e. The number of carbonyl (C=O) groups is 11. The molecule has 0 unspecified atom stereocenters. The Morgan fingerprint density at radius 2 is 0.990 bits per heavy atom. The molecule has 3 aromatic carbocycles. The van der Waals surface area contributed by atoms with Crippen LogP contribution in [0.15, 0.2) is 78.9 Å². The number of benzene rings is 3. The monoisotopic (exact) mass is 1360 g/mol. The zero-order chi connectivity index (χ0) is 72.4. The van der Waals surface area contributed by atoms with E-state index < -0.39 is 157 Å². The molecule has 1 saturated heterocycles. The van der Waals surface area contributed by atoms with E-state index in [1.54, 1.807) is 82.3 Å². The van der Waals surface area contributed by atoms with Crippen molar-refractivity contribution in [2.24, 2.45) is 23.7 Å². The van der Waals surface area contributed by atoms with Crippen LogP contribution < -0.4 is 16.0 Å². The van der Waals surface area contributed by atoms with Gasteiger partial charge in [-0.2, -0.15) is 13.2 Å².